The van der Waals surface area contributed by atoms with Crippen LogP contribution in [0.25, 0.3) is 0 Å². The summed E-state index contributed by atoms with van der Waals surface area (Å²) in [6, 6.07) is -0.170. The van der Waals surface area contributed by atoms with Crippen LogP contribution in [0.1, 0.15) is 20.3 Å². The van der Waals surface area contributed by atoms with Crippen molar-refractivity contribution >= 4 is 15.8 Å². The molecule has 19 heavy (non-hydrogen) atoms. The van der Waals surface area contributed by atoms with E-state index in [2.05, 4.69) is 9.71 Å². The summed E-state index contributed by atoms with van der Waals surface area (Å²) in [5, 5.41) is 0.00386. The zero-order chi connectivity index (χ0) is 14.4. The molecule has 8 heteroatoms. The Hall–Kier alpha value is -1.12. The topological polar surface area (TPSA) is 99.2 Å². The van der Waals surface area contributed by atoms with Crippen LogP contribution in [0.15, 0.2) is 11.4 Å². The SMILES string of the molecule is COC1CC(NS(=O)(=O)c2c(N)ncn2C)C1(C)C. The Kier molecular flexibility index (Phi) is 3.36. The van der Waals surface area contributed by atoms with E-state index < -0.39 is 10.0 Å². The maximum Gasteiger partial charge on any atom is 0.260 e. The van der Waals surface area contributed by atoms with E-state index >= 15 is 0 Å². The molecule has 1 saturated carbocycles. The number of hydrogen-bond acceptors (Lipinski definition) is 5. The number of imidazole rings is 1. The van der Waals surface area contributed by atoms with Gasteiger partial charge in [0, 0.05) is 25.6 Å². The third kappa shape index (κ3) is 2.24. The Morgan fingerprint density at radius 2 is 2.21 bits per heavy atom. The van der Waals surface area contributed by atoms with Crippen molar-refractivity contribution in [1.29, 1.82) is 0 Å². The van der Waals surface area contributed by atoms with Crippen LogP contribution in [-0.2, 0) is 21.8 Å². The first-order valence-electron chi connectivity index (χ1n) is 6.02. The number of ether oxygens (including phenoxy) is 1. The summed E-state index contributed by atoms with van der Waals surface area (Å²) >= 11 is 0. The van der Waals surface area contributed by atoms with E-state index in [4.69, 9.17) is 10.5 Å². The van der Waals surface area contributed by atoms with E-state index in [0.29, 0.717) is 6.42 Å². The molecule has 0 spiro atoms. The van der Waals surface area contributed by atoms with E-state index in [1.165, 1.54) is 10.9 Å². The van der Waals surface area contributed by atoms with Crippen LogP contribution in [0.5, 0.6) is 0 Å². The number of aromatic nitrogens is 2. The smallest absolute Gasteiger partial charge is 0.260 e. The number of hydrogen-bond donors (Lipinski definition) is 2. The zero-order valence-corrected chi connectivity index (χ0v) is 12.4. The second-order valence-electron chi connectivity index (χ2n) is 5.50. The largest absolute Gasteiger partial charge is 0.381 e. The lowest BCUT2D eigenvalue weighted by atomic mass is 9.65. The third-order valence-electron chi connectivity index (χ3n) is 3.92. The van der Waals surface area contributed by atoms with Crippen LogP contribution in [0.2, 0.25) is 0 Å². The molecule has 0 amide bonds. The molecule has 0 aromatic carbocycles. The third-order valence-corrected chi connectivity index (χ3v) is 5.52. The molecule has 0 radical (unpaired) electrons. The minimum atomic E-state index is -3.67. The van der Waals surface area contributed by atoms with Crippen LogP contribution in [0.4, 0.5) is 5.82 Å². The Bertz CT molecular complexity index is 559. The van der Waals surface area contributed by atoms with Crippen molar-refractivity contribution in [3.8, 4) is 0 Å². The lowest BCUT2D eigenvalue weighted by Crippen LogP contribution is -2.61. The molecule has 7 nitrogen and oxygen atoms in total. The molecule has 108 valence electrons. The van der Waals surface area contributed by atoms with E-state index in [0.717, 1.165) is 0 Å². The fourth-order valence-corrected chi connectivity index (χ4v) is 4.13. The molecule has 0 aliphatic heterocycles. The Labute approximate surface area is 113 Å². The van der Waals surface area contributed by atoms with E-state index in [9.17, 15) is 8.42 Å². The van der Waals surface area contributed by atoms with Gasteiger partial charge in [0.15, 0.2) is 10.8 Å². The Balaban J connectivity index is 2.21. The van der Waals surface area contributed by atoms with Gasteiger partial charge in [-0.1, -0.05) is 13.8 Å². The van der Waals surface area contributed by atoms with Gasteiger partial charge in [-0.25, -0.2) is 18.1 Å². The van der Waals surface area contributed by atoms with Crippen LogP contribution in [-0.4, -0.2) is 37.2 Å². The summed E-state index contributed by atoms with van der Waals surface area (Å²) in [6.45, 7) is 3.95. The fourth-order valence-electron chi connectivity index (χ4n) is 2.49. The molecule has 2 rings (SSSR count). The fraction of sp³-hybridized carbons (Fsp3) is 0.727. The maximum atomic E-state index is 12.3. The van der Waals surface area contributed by atoms with Gasteiger partial charge in [0.1, 0.15) is 0 Å². The van der Waals surface area contributed by atoms with Crippen molar-refractivity contribution in [3.05, 3.63) is 6.33 Å². The standard InChI is InChI=1S/C11H20N4O3S/c1-11(2)7(5-8(11)18-4)14-19(16,17)10-9(12)13-6-15(10)3/h6-8,14H,5,12H2,1-4H3. The highest BCUT2D eigenvalue weighted by molar-refractivity contribution is 7.89. The normalized spacial score (nSPS) is 26.1. The first kappa shape index (κ1) is 14.3. The molecule has 0 bridgehead atoms. The van der Waals surface area contributed by atoms with Crippen molar-refractivity contribution in [2.75, 3.05) is 12.8 Å². The summed E-state index contributed by atoms with van der Waals surface area (Å²) in [6.07, 6.45) is 2.10. The molecule has 1 aliphatic carbocycles. The number of anilines is 1. The van der Waals surface area contributed by atoms with Crippen LogP contribution >= 0.6 is 0 Å². The molecule has 0 saturated heterocycles. The first-order chi connectivity index (χ1) is 8.70. The van der Waals surface area contributed by atoms with Crippen molar-refractivity contribution < 1.29 is 13.2 Å². The monoisotopic (exact) mass is 288 g/mol. The zero-order valence-electron chi connectivity index (χ0n) is 11.5. The highest BCUT2D eigenvalue weighted by Crippen LogP contribution is 2.43. The predicted molar refractivity (Wildman–Crippen MR) is 70.9 cm³/mol. The van der Waals surface area contributed by atoms with E-state index in [-0.39, 0.29) is 28.4 Å². The highest BCUT2D eigenvalue weighted by Gasteiger charge is 2.50. The molecule has 1 heterocycles. The number of methoxy groups -OCH3 is 1. The average Bonchev–Trinajstić information content (AvgIpc) is 2.64. The highest BCUT2D eigenvalue weighted by atomic mass is 32.2. The number of nitrogens with one attached hydrogen (secondary N) is 1. The number of sulfonamides is 1. The molecule has 1 aromatic heterocycles. The molecule has 2 atom stereocenters. The Morgan fingerprint density at radius 3 is 2.63 bits per heavy atom. The van der Waals surface area contributed by atoms with Crippen molar-refractivity contribution in [3.63, 3.8) is 0 Å². The van der Waals surface area contributed by atoms with Crippen LogP contribution in [0.3, 0.4) is 0 Å². The second kappa shape index (κ2) is 4.46. The van der Waals surface area contributed by atoms with Gasteiger partial charge in [-0.15, -0.1) is 0 Å². The molecule has 1 aromatic rings. The van der Waals surface area contributed by atoms with Gasteiger partial charge in [0.2, 0.25) is 0 Å². The number of rotatable bonds is 4. The quantitative estimate of drug-likeness (QED) is 0.818. The van der Waals surface area contributed by atoms with Crippen molar-refractivity contribution in [2.45, 2.75) is 37.4 Å². The molecule has 1 fully saturated rings. The van der Waals surface area contributed by atoms with Gasteiger partial charge in [0.25, 0.3) is 10.0 Å². The van der Waals surface area contributed by atoms with Gasteiger partial charge >= 0.3 is 0 Å². The van der Waals surface area contributed by atoms with E-state index in [1.807, 2.05) is 13.8 Å². The van der Waals surface area contributed by atoms with Crippen molar-refractivity contribution in [2.24, 2.45) is 12.5 Å². The minimum Gasteiger partial charge on any atom is -0.381 e. The lowest BCUT2D eigenvalue weighted by molar-refractivity contribution is -0.0908. The van der Waals surface area contributed by atoms with Crippen LogP contribution < -0.4 is 10.5 Å². The van der Waals surface area contributed by atoms with Gasteiger partial charge in [0.05, 0.1) is 12.4 Å². The molecule has 2 unspecified atom stereocenters. The molecular weight excluding hydrogens is 268 g/mol. The number of nitrogens with zero attached hydrogens (tertiary/aromatic N) is 2. The second-order valence-corrected chi connectivity index (χ2v) is 7.13. The van der Waals surface area contributed by atoms with Gasteiger partial charge < -0.3 is 15.0 Å². The van der Waals surface area contributed by atoms with Gasteiger partial charge in [-0.2, -0.15) is 0 Å². The summed E-state index contributed by atoms with van der Waals surface area (Å²) < 4.78 is 34.0. The average molecular weight is 288 g/mol. The van der Waals surface area contributed by atoms with Crippen molar-refractivity contribution in [1.82, 2.24) is 14.3 Å². The van der Waals surface area contributed by atoms with Crippen LogP contribution in [0, 0.1) is 5.41 Å². The Morgan fingerprint density at radius 1 is 1.58 bits per heavy atom. The minimum absolute atomic E-state index is 0.00386. The summed E-state index contributed by atoms with van der Waals surface area (Å²) in [5.41, 5.74) is 5.37. The van der Waals surface area contributed by atoms with Gasteiger partial charge in [-0.05, 0) is 6.42 Å². The van der Waals surface area contributed by atoms with E-state index in [1.54, 1.807) is 14.2 Å². The number of aryl methyl sites for hydroxylation is 1. The molecule has 1 aliphatic rings. The first-order valence-corrected chi connectivity index (χ1v) is 7.50. The number of nitrogen functional groups attached to an aromatic ring is 1. The maximum absolute atomic E-state index is 12.3. The van der Waals surface area contributed by atoms with Gasteiger partial charge in [-0.3, -0.25) is 0 Å². The molecule has 3 N–H and O–H groups in total. The molecular formula is C11H20N4O3S. The summed E-state index contributed by atoms with van der Waals surface area (Å²) in [5.74, 6) is 0.00965. The summed E-state index contributed by atoms with van der Waals surface area (Å²) in [4.78, 5) is 3.80. The lowest BCUT2D eigenvalue weighted by Gasteiger charge is -2.50. The number of nitrogens with two attached hydrogens (primary N) is 1. The predicted octanol–water partition coefficient (Wildman–Crippen LogP) is 0.0941. The summed E-state index contributed by atoms with van der Waals surface area (Å²) in [7, 11) is -0.437.